The zero-order chi connectivity index (χ0) is 28.4. The number of nitrogens with zero attached hydrogens (tertiary/aromatic N) is 3. The van der Waals surface area contributed by atoms with Gasteiger partial charge >= 0.3 is 10.2 Å². The number of nitrogens with one attached hydrogen (secondary N) is 1. The topological polar surface area (TPSA) is 90.0 Å². The van der Waals surface area contributed by atoms with Gasteiger partial charge in [0.05, 0.1) is 5.69 Å². The van der Waals surface area contributed by atoms with Crippen LogP contribution in [0.2, 0.25) is 0 Å². The van der Waals surface area contributed by atoms with Gasteiger partial charge in [-0.25, -0.2) is 4.31 Å². The van der Waals surface area contributed by atoms with Gasteiger partial charge in [-0.15, -0.1) is 0 Å². The summed E-state index contributed by atoms with van der Waals surface area (Å²) in [6.45, 7) is 2.08. The summed E-state index contributed by atoms with van der Waals surface area (Å²) in [5, 5.41) is 2.94. The molecule has 0 radical (unpaired) electrons. The first-order valence-corrected chi connectivity index (χ1v) is 14.9. The van der Waals surface area contributed by atoms with Gasteiger partial charge in [-0.2, -0.15) is 12.7 Å². The van der Waals surface area contributed by atoms with Gasteiger partial charge in [-0.1, -0.05) is 83.5 Å². The van der Waals surface area contributed by atoms with Gasteiger partial charge in [-0.05, 0) is 41.8 Å². The fraction of sp³-hybridized carbons (Fsp3) is 0.310. The summed E-state index contributed by atoms with van der Waals surface area (Å²) in [6, 6.07) is 24.6. The molecule has 10 heteroatoms. The molecule has 0 saturated heterocycles. The summed E-state index contributed by atoms with van der Waals surface area (Å²) in [4.78, 5) is 29.1. The minimum absolute atomic E-state index is 0.125. The van der Waals surface area contributed by atoms with Crippen molar-refractivity contribution in [3.63, 3.8) is 0 Å². The molecular weight excluding hydrogens is 580 g/mol. The monoisotopic (exact) mass is 614 g/mol. The summed E-state index contributed by atoms with van der Waals surface area (Å²) >= 11 is 3.48. The van der Waals surface area contributed by atoms with Crippen molar-refractivity contribution in [1.29, 1.82) is 0 Å². The second kappa shape index (κ2) is 14.3. The van der Waals surface area contributed by atoms with Crippen LogP contribution in [-0.2, 0) is 32.8 Å². The van der Waals surface area contributed by atoms with Crippen LogP contribution in [0.25, 0.3) is 0 Å². The van der Waals surface area contributed by atoms with Crippen molar-refractivity contribution in [2.75, 3.05) is 31.5 Å². The van der Waals surface area contributed by atoms with Crippen LogP contribution in [0.5, 0.6) is 0 Å². The third-order valence-corrected chi connectivity index (χ3v) is 8.44. The lowest BCUT2D eigenvalue weighted by atomic mass is 10.0. The smallest absolute Gasteiger partial charge is 0.304 e. The van der Waals surface area contributed by atoms with Crippen LogP contribution in [0.4, 0.5) is 5.69 Å². The second-order valence-corrected chi connectivity index (χ2v) is 12.3. The number of carbonyl (C=O) groups excluding carboxylic acids is 2. The Balaban J connectivity index is 2.06. The molecule has 0 aromatic heterocycles. The lowest BCUT2D eigenvalue weighted by Gasteiger charge is -2.34. The first-order valence-electron chi connectivity index (χ1n) is 12.7. The SMILES string of the molecule is CCCNC(=O)[C@H](Cc1ccccc1)N(Cc1cccc(Br)c1)C(=O)CN(c1ccccc1)S(=O)(=O)N(C)C. The highest BCUT2D eigenvalue weighted by Crippen LogP contribution is 2.22. The fourth-order valence-electron chi connectivity index (χ4n) is 4.06. The van der Waals surface area contributed by atoms with E-state index in [4.69, 9.17) is 0 Å². The van der Waals surface area contributed by atoms with Gasteiger partial charge in [0.2, 0.25) is 11.8 Å². The van der Waals surface area contributed by atoms with Crippen LogP contribution < -0.4 is 9.62 Å². The average Bonchev–Trinajstić information content (AvgIpc) is 2.93. The van der Waals surface area contributed by atoms with Crippen LogP contribution in [0.3, 0.4) is 0 Å². The third kappa shape index (κ3) is 8.39. The predicted molar refractivity (Wildman–Crippen MR) is 158 cm³/mol. The van der Waals surface area contributed by atoms with E-state index in [-0.39, 0.29) is 18.9 Å². The van der Waals surface area contributed by atoms with Crippen molar-refractivity contribution in [3.05, 3.63) is 101 Å². The maximum atomic E-state index is 14.1. The highest BCUT2D eigenvalue weighted by molar-refractivity contribution is 9.10. The summed E-state index contributed by atoms with van der Waals surface area (Å²) in [5.41, 5.74) is 2.06. The maximum Gasteiger partial charge on any atom is 0.304 e. The van der Waals surface area contributed by atoms with Gasteiger partial charge in [0, 0.05) is 38.1 Å². The number of carbonyl (C=O) groups is 2. The van der Waals surface area contributed by atoms with E-state index in [9.17, 15) is 18.0 Å². The minimum Gasteiger partial charge on any atom is -0.354 e. The number of hydrogen-bond donors (Lipinski definition) is 1. The molecule has 0 aliphatic carbocycles. The Bertz CT molecular complexity index is 1340. The zero-order valence-corrected chi connectivity index (χ0v) is 24.9. The molecule has 3 aromatic carbocycles. The Morgan fingerprint density at radius 3 is 2.10 bits per heavy atom. The molecule has 0 saturated carbocycles. The van der Waals surface area contributed by atoms with E-state index in [1.54, 1.807) is 30.3 Å². The van der Waals surface area contributed by atoms with E-state index in [2.05, 4.69) is 21.2 Å². The third-order valence-electron chi connectivity index (χ3n) is 6.13. The first kappa shape index (κ1) is 30.3. The van der Waals surface area contributed by atoms with Crippen LogP contribution >= 0.6 is 15.9 Å². The lowest BCUT2D eigenvalue weighted by molar-refractivity contribution is -0.140. The van der Waals surface area contributed by atoms with E-state index in [1.807, 2.05) is 61.5 Å². The van der Waals surface area contributed by atoms with Crippen molar-refractivity contribution in [2.24, 2.45) is 0 Å². The Kier molecular flexibility index (Phi) is 11.1. The Morgan fingerprint density at radius 1 is 0.897 bits per heavy atom. The average molecular weight is 616 g/mol. The maximum absolute atomic E-state index is 14.1. The molecule has 0 aliphatic heterocycles. The largest absolute Gasteiger partial charge is 0.354 e. The molecule has 39 heavy (non-hydrogen) atoms. The molecular formula is C29H35BrN4O4S. The van der Waals surface area contributed by atoms with E-state index in [0.717, 1.165) is 30.6 Å². The van der Waals surface area contributed by atoms with E-state index >= 15 is 0 Å². The number of hydrogen-bond acceptors (Lipinski definition) is 4. The molecule has 1 atom stereocenters. The molecule has 0 heterocycles. The van der Waals surface area contributed by atoms with Crippen molar-refractivity contribution in [3.8, 4) is 0 Å². The first-order chi connectivity index (χ1) is 18.6. The van der Waals surface area contributed by atoms with Crippen molar-refractivity contribution in [2.45, 2.75) is 32.4 Å². The summed E-state index contributed by atoms with van der Waals surface area (Å²) in [7, 11) is -1.16. The molecule has 0 unspecified atom stereocenters. The molecule has 1 N–H and O–H groups in total. The van der Waals surface area contributed by atoms with Gasteiger partial charge < -0.3 is 10.2 Å². The standard InChI is InChI=1S/C29H35BrN4O4S/c1-4-18-31-29(36)27(20-23-12-7-5-8-13-23)33(21-24-14-11-15-25(30)19-24)28(35)22-34(39(37,38)32(2)3)26-16-9-6-10-17-26/h5-17,19,27H,4,18,20-22H2,1-3H3,(H,31,36)/t27-/m0/s1. The molecule has 0 bridgehead atoms. The number of anilines is 1. The van der Waals surface area contributed by atoms with Gasteiger partial charge in [0.25, 0.3) is 0 Å². The summed E-state index contributed by atoms with van der Waals surface area (Å²) in [5.74, 6) is -0.775. The van der Waals surface area contributed by atoms with Gasteiger partial charge in [0.1, 0.15) is 12.6 Å². The number of amides is 2. The van der Waals surface area contributed by atoms with Crippen molar-refractivity contribution < 1.29 is 18.0 Å². The van der Waals surface area contributed by atoms with Gasteiger partial charge in [0.15, 0.2) is 0 Å². The van der Waals surface area contributed by atoms with Crippen LogP contribution in [0.15, 0.2) is 89.4 Å². The van der Waals surface area contributed by atoms with E-state index in [0.29, 0.717) is 12.2 Å². The van der Waals surface area contributed by atoms with Gasteiger partial charge in [-0.3, -0.25) is 9.59 Å². The fourth-order valence-corrected chi connectivity index (χ4v) is 5.57. The molecule has 8 nitrogen and oxygen atoms in total. The van der Waals surface area contributed by atoms with Crippen molar-refractivity contribution in [1.82, 2.24) is 14.5 Å². The number of rotatable bonds is 13. The highest BCUT2D eigenvalue weighted by Gasteiger charge is 2.34. The number of para-hydroxylation sites is 1. The van der Waals surface area contributed by atoms with E-state index in [1.165, 1.54) is 19.0 Å². The summed E-state index contributed by atoms with van der Waals surface area (Å²) < 4.78 is 29.6. The molecule has 0 fully saturated rings. The Morgan fingerprint density at radius 2 is 1.51 bits per heavy atom. The van der Waals surface area contributed by atoms with Crippen LogP contribution in [-0.4, -0.2) is 62.7 Å². The quantitative estimate of drug-likeness (QED) is 0.312. The summed E-state index contributed by atoms with van der Waals surface area (Å²) in [6.07, 6.45) is 1.02. The molecule has 208 valence electrons. The number of benzene rings is 3. The van der Waals surface area contributed by atoms with E-state index < -0.39 is 28.7 Å². The van der Waals surface area contributed by atoms with Crippen LogP contribution in [0.1, 0.15) is 24.5 Å². The highest BCUT2D eigenvalue weighted by atomic mass is 79.9. The zero-order valence-electron chi connectivity index (χ0n) is 22.5. The molecule has 3 aromatic rings. The number of halogens is 1. The Labute approximate surface area is 239 Å². The lowest BCUT2D eigenvalue weighted by Crippen LogP contribution is -2.54. The van der Waals surface area contributed by atoms with Crippen LogP contribution in [0, 0.1) is 0 Å². The molecule has 0 aliphatic rings. The second-order valence-electron chi connectivity index (χ2n) is 9.28. The molecule has 2 amide bonds. The Hall–Kier alpha value is -3.21. The normalized spacial score (nSPS) is 12.1. The predicted octanol–water partition coefficient (Wildman–Crippen LogP) is 4.23. The van der Waals surface area contributed by atoms with Crippen molar-refractivity contribution >= 4 is 43.6 Å². The molecule has 0 spiro atoms. The molecule has 3 rings (SSSR count). The minimum atomic E-state index is -4.01.